The Labute approximate surface area is 60.1 Å². The second kappa shape index (κ2) is 4.78. The third-order valence-corrected chi connectivity index (χ3v) is 0.840. The molecule has 0 bridgehead atoms. The zero-order valence-corrected chi connectivity index (χ0v) is 6.20. The molecule has 0 aliphatic carbocycles. The summed E-state index contributed by atoms with van der Waals surface area (Å²) in [7, 11) is 0. The number of hydrogen-bond acceptors (Lipinski definition) is 3. The molecule has 0 aliphatic rings. The van der Waals surface area contributed by atoms with Gasteiger partial charge in [0.1, 0.15) is 0 Å². The van der Waals surface area contributed by atoms with Gasteiger partial charge in [0.25, 0.3) is 0 Å². The highest BCUT2D eigenvalue weighted by atomic mass is 16.6. The number of hydrogen-bond donors (Lipinski definition) is 1. The third kappa shape index (κ3) is 6.94. The standard InChI is InChI=1S/C6H12N2O2/c1-6(2)5-7-3-4-8(9)10/h3-4,6-7H,5H2,1-2H3/b4-3+. The highest BCUT2D eigenvalue weighted by molar-refractivity contribution is 4.69. The first-order valence-corrected chi connectivity index (χ1v) is 3.16. The van der Waals surface area contributed by atoms with E-state index in [4.69, 9.17) is 0 Å². The van der Waals surface area contributed by atoms with Gasteiger partial charge in [-0.05, 0) is 5.92 Å². The monoisotopic (exact) mass is 144 g/mol. The molecule has 58 valence electrons. The molecule has 0 aliphatic heterocycles. The molecule has 0 heterocycles. The van der Waals surface area contributed by atoms with Crippen LogP contribution >= 0.6 is 0 Å². The highest BCUT2D eigenvalue weighted by Crippen LogP contribution is 1.86. The van der Waals surface area contributed by atoms with Crippen molar-refractivity contribution in [3.63, 3.8) is 0 Å². The van der Waals surface area contributed by atoms with Gasteiger partial charge in [0.15, 0.2) is 0 Å². The van der Waals surface area contributed by atoms with Gasteiger partial charge in [-0.2, -0.15) is 0 Å². The molecule has 0 radical (unpaired) electrons. The van der Waals surface area contributed by atoms with Crippen LogP contribution in [0.1, 0.15) is 13.8 Å². The molecule has 0 amide bonds. The van der Waals surface area contributed by atoms with Crippen molar-refractivity contribution in [2.75, 3.05) is 6.54 Å². The lowest BCUT2D eigenvalue weighted by Crippen LogP contribution is -2.12. The molecule has 0 unspecified atom stereocenters. The molecule has 0 spiro atoms. The predicted molar refractivity (Wildman–Crippen MR) is 39.0 cm³/mol. The number of rotatable bonds is 4. The first-order valence-electron chi connectivity index (χ1n) is 3.16. The zero-order valence-electron chi connectivity index (χ0n) is 6.20. The maximum atomic E-state index is 9.72. The van der Waals surface area contributed by atoms with Gasteiger partial charge in [-0.3, -0.25) is 10.1 Å². The molecule has 0 aromatic heterocycles. The Morgan fingerprint density at radius 2 is 2.30 bits per heavy atom. The molecular formula is C6H12N2O2. The minimum absolute atomic E-state index is 0.493. The van der Waals surface area contributed by atoms with E-state index in [2.05, 4.69) is 5.32 Å². The van der Waals surface area contributed by atoms with Crippen LogP contribution in [0.5, 0.6) is 0 Å². The van der Waals surface area contributed by atoms with E-state index in [1.54, 1.807) is 0 Å². The second-order valence-corrected chi connectivity index (χ2v) is 2.40. The molecule has 4 nitrogen and oxygen atoms in total. The van der Waals surface area contributed by atoms with E-state index in [0.29, 0.717) is 5.92 Å². The Hall–Kier alpha value is -1.06. The zero-order chi connectivity index (χ0) is 7.98. The van der Waals surface area contributed by atoms with Gasteiger partial charge < -0.3 is 5.32 Å². The summed E-state index contributed by atoms with van der Waals surface area (Å²) in [4.78, 5) is 9.23. The van der Waals surface area contributed by atoms with Gasteiger partial charge in [-0.25, -0.2) is 0 Å². The van der Waals surface area contributed by atoms with E-state index < -0.39 is 4.92 Å². The largest absolute Gasteiger partial charge is 0.386 e. The molecule has 10 heavy (non-hydrogen) atoms. The van der Waals surface area contributed by atoms with Gasteiger partial charge in [-0.1, -0.05) is 13.8 Å². The fourth-order valence-corrected chi connectivity index (χ4v) is 0.417. The molecule has 0 saturated carbocycles. The summed E-state index contributed by atoms with van der Waals surface area (Å²) < 4.78 is 0. The summed E-state index contributed by atoms with van der Waals surface area (Å²) in [5.41, 5.74) is 0. The molecule has 4 heteroatoms. The van der Waals surface area contributed by atoms with Gasteiger partial charge in [0.05, 0.1) is 11.1 Å². The molecule has 0 atom stereocenters. The first-order chi connectivity index (χ1) is 4.63. The molecular weight excluding hydrogens is 132 g/mol. The summed E-state index contributed by atoms with van der Waals surface area (Å²) in [6.07, 6.45) is 2.24. The van der Waals surface area contributed by atoms with Crippen molar-refractivity contribution in [1.29, 1.82) is 0 Å². The van der Waals surface area contributed by atoms with Crippen LogP contribution in [-0.2, 0) is 0 Å². The van der Waals surface area contributed by atoms with Crippen LogP contribution in [0.25, 0.3) is 0 Å². The van der Waals surface area contributed by atoms with Crippen molar-refractivity contribution in [2.45, 2.75) is 13.8 Å². The lowest BCUT2D eigenvalue weighted by atomic mass is 10.2. The van der Waals surface area contributed by atoms with Gasteiger partial charge in [-0.15, -0.1) is 0 Å². The summed E-state index contributed by atoms with van der Waals surface area (Å²) in [5, 5.41) is 12.5. The van der Waals surface area contributed by atoms with Crippen molar-refractivity contribution >= 4 is 0 Å². The molecule has 0 aromatic rings. The average molecular weight is 144 g/mol. The molecule has 0 saturated heterocycles. The van der Waals surface area contributed by atoms with Crippen LogP contribution in [-0.4, -0.2) is 11.5 Å². The number of nitro groups is 1. The fraction of sp³-hybridized carbons (Fsp3) is 0.667. The molecule has 0 fully saturated rings. The highest BCUT2D eigenvalue weighted by Gasteiger charge is 1.88. The van der Waals surface area contributed by atoms with Crippen LogP contribution in [0, 0.1) is 16.0 Å². The van der Waals surface area contributed by atoms with Crippen molar-refractivity contribution in [3.8, 4) is 0 Å². The topological polar surface area (TPSA) is 55.2 Å². The van der Waals surface area contributed by atoms with Crippen LogP contribution in [0.15, 0.2) is 12.4 Å². The summed E-state index contributed by atoms with van der Waals surface area (Å²) in [6, 6.07) is 0. The quantitative estimate of drug-likeness (QED) is 0.472. The first kappa shape index (κ1) is 8.94. The molecule has 0 aromatic carbocycles. The SMILES string of the molecule is CC(C)CN/C=C/[N+](=O)[O-]. The van der Waals surface area contributed by atoms with Crippen LogP contribution in [0.4, 0.5) is 0 Å². The van der Waals surface area contributed by atoms with Gasteiger partial charge >= 0.3 is 0 Å². The smallest absolute Gasteiger partial charge is 0.249 e. The molecule has 1 N–H and O–H groups in total. The predicted octanol–water partition coefficient (Wildman–Crippen LogP) is 0.980. The van der Waals surface area contributed by atoms with Crippen LogP contribution in [0.3, 0.4) is 0 Å². The Bertz CT molecular complexity index is 132. The van der Waals surface area contributed by atoms with Crippen molar-refractivity contribution in [2.24, 2.45) is 5.92 Å². The Morgan fingerprint density at radius 3 is 2.70 bits per heavy atom. The minimum atomic E-state index is -0.493. The number of nitrogens with one attached hydrogen (secondary N) is 1. The number of nitrogens with zero attached hydrogens (tertiary/aromatic N) is 1. The fourth-order valence-electron chi connectivity index (χ4n) is 0.417. The Kier molecular flexibility index (Phi) is 4.28. The minimum Gasteiger partial charge on any atom is -0.386 e. The summed E-state index contributed by atoms with van der Waals surface area (Å²) in [6.45, 7) is 4.84. The van der Waals surface area contributed by atoms with E-state index in [1.807, 2.05) is 13.8 Å². The van der Waals surface area contributed by atoms with E-state index in [0.717, 1.165) is 12.7 Å². The summed E-state index contributed by atoms with van der Waals surface area (Å²) >= 11 is 0. The third-order valence-electron chi connectivity index (χ3n) is 0.840. The lowest BCUT2D eigenvalue weighted by molar-refractivity contribution is -0.402. The summed E-state index contributed by atoms with van der Waals surface area (Å²) in [5.74, 6) is 0.511. The van der Waals surface area contributed by atoms with Crippen LogP contribution in [0.2, 0.25) is 0 Å². The van der Waals surface area contributed by atoms with E-state index in [1.165, 1.54) is 6.20 Å². The van der Waals surface area contributed by atoms with Crippen molar-refractivity contribution in [1.82, 2.24) is 5.32 Å². The van der Waals surface area contributed by atoms with E-state index >= 15 is 0 Å². The van der Waals surface area contributed by atoms with Crippen LogP contribution < -0.4 is 5.32 Å². The second-order valence-electron chi connectivity index (χ2n) is 2.40. The lowest BCUT2D eigenvalue weighted by Gasteiger charge is -2.00. The average Bonchev–Trinajstić information content (AvgIpc) is 1.79. The normalized spacial score (nSPS) is 10.7. The maximum Gasteiger partial charge on any atom is 0.249 e. The van der Waals surface area contributed by atoms with Crippen molar-refractivity contribution in [3.05, 3.63) is 22.5 Å². The molecule has 0 rings (SSSR count). The maximum absolute atomic E-state index is 9.72. The van der Waals surface area contributed by atoms with E-state index in [-0.39, 0.29) is 0 Å². The van der Waals surface area contributed by atoms with Gasteiger partial charge in [0, 0.05) is 6.54 Å². The van der Waals surface area contributed by atoms with Gasteiger partial charge in [0.2, 0.25) is 6.20 Å². The van der Waals surface area contributed by atoms with Crippen molar-refractivity contribution < 1.29 is 4.92 Å². The Morgan fingerprint density at radius 1 is 1.70 bits per heavy atom. The van der Waals surface area contributed by atoms with E-state index in [9.17, 15) is 10.1 Å². The Balaban J connectivity index is 3.27.